The summed E-state index contributed by atoms with van der Waals surface area (Å²) in [5.41, 5.74) is 0.303. The van der Waals surface area contributed by atoms with E-state index in [1.807, 2.05) is 6.07 Å². The molecule has 1 fully saturated rings. The molecule has 3 nitrogen and oxygen atoms in total. The van der Waals surface area contributed by atoms with Crippen molar-refractivity contribution < 1.29 is 5.21 Å². The molecule has 1 aliphatic carbocycles. The van der Waals surface area contributed by atoms with Crippen molar-refractivity contribution in [2.75, 3.05) is 0 Å². The van der Waals surface area contributed by atoms with Gasteiger partial charge in [0.2, 0.25) is 0 Å². The minimum absolute atomic E-state index is 0.231. The first kappa shape index (κ1) is 7.07. The van der Waals surface area contributed by atoms with Crippen LogP contribution in [0.25, 0.3) is 0 Å². The molecule has 54 valence electrons. The standard InChI is InChI=1S/C7H10N2O/c8-5-7(9-10)6-3-1-2-4-6/h6,10H,1-4H2/b9-7+. The van der Waals surface area contributed by atoms with Gasteiger partial charge in [0.25, 0.3) is 0 Å². The maximum atomic E-state index is 8.45. The monoisotopic (exact) mass is 138 g/mol. The first-order valence-corrected chi connectivity index (χ1v) is 3.50. The minimum Gasteiger partial charge on any atom is -0.410 e. The average Bonchev–Trinajstić information content (AvgIpc) is 2.43. The number of nitriles is 1. The van der Waals surface area contributed by atoms with E-state index >= 15 is 0 Å². The molecule has 3 heteroatoms. The lowest BCUT2D eigenvalue weighted by atomic mass is 10.0. The summed E-state index contributed by atoms with van der Waals surface area (Å²) in [6.45, 7) is 0. The van der Waals surface area contributed by atoms with Gasteiger partial charge in [-0.2, -0.15) is 5.26 Å². The lowest BCUT2D eigenvalue weighted by Crippen LogP contribution is -2.07. The molecule has 0 aromatic heterocycles. The highest BCUT2D eigenvalue weighted by Crippen LogP contribution is 2.25. The van der Waals surface area contributed by atoms with Crippen molar-refractivity contribution in [3.05, 3.63) is 0 Å². The van der Waals surface area contributed by atoms with Crippen molar-refractivity contribution in [1.29, 1.82) is 5.26 Å². The number of hydrogen-bond donors (Lipinski definition) is 1. The summed E-state index contributed by atoms with van der Waals surface area (Å²) in [7, 11) is 0. The second-order valence-corrected chi connectivity index (χ2v) is 2.58. The van der Waals surface area contributed by atoms with Gasteiger partial charge in [0.05, 0.1) is 0 Å². The fourth-order valence-electron chi connectivity index (χ4n) is 1.39. The summed E-state index contributed by atoms with van der Waals surface area (Å²) in [4.78, 5) is 0. The first-order valence-electron chi connectivity index (χ1n) is 3.50. The van der Waals surface area contributed by atoms with Gasteiger partial charge in [-0.25, -0.2) is 0 Å². The number of oxime groups is 1. The molecule has 1 N–H and O–H groups in total. The van der Waals surface area contributed by atoms with E-state index in [0.717, 1.165) is 25.7 Å². The number of rotatable bonds is 1. The molecule has 0 aromatic carbocycles. The summed E-state index contributed by atoms with van der Waals surface area (Å²) in [6, 6.07) is 1.89. The molecule has 0 aliphatic heterocycles. The molecule has 0 amide bonds. The zero-order valence-corrected chi connectivity index (χ0v) is 5.75. The van der Waals surface area contributed by atoms with E-state index in [2.05, 4.69) is 5.16 Å². The van der Waals surface area contributed by atoms with Crippen molar-refractivity contribution in [2.24, 2.45) is 11.1 Å². The van der Waals surface area contributed by atoms with E-state index in [1.54, 1.807) is 0 Å². The Bertz CT molecular complexity index is 175. The Morgan fingerprint density at radius 3 is 2.50 bits per heavy atom. The molecule has 0 aromatic rings. The SMILES string of the molecule is N#C/C(=N\O)C1CCCC1. The highest BCUT2D eigenvalue weighted by molar-refractivity contribution is 5.99. The predicted molar refractivity (Wildman–Crippen MR) is 36.8 cm³/mol. The van der Waals surface area contributed by atoms with Crippen LogP contribution in [-0.4, -0.2) is 10.9 Å². The van der Waals surface area contributed by atoms with Crippen LogP contribution in [0, 0.1) is 17.2 Å². The van der Waals surface area contributed by atoms with E-state index < -0.39 is 0 Å². The van der Waals surface area contributed by atoms with Gasteiger partial charge in [0.15, 0.2) is 5.71 Å². The van der Waals surface area contributed by atoms with Crippen LogP contribution >= 0.6 is 0 Å². The van der Waals surface area contributed by atoms with Gasteiger partial charge >= 0.3 is 0 Å². The third-order valence-electron chi connectivity index (χ3n) is 1.96. The smallest absolute Gasteiger partial charge is 0.159 e. The molecule has 10 heavy (non-hydrogen) atoms. The zero-order chi connectivity index (χ0) is 7.40. The van der Waals surface area contributed by atoms with Crippen LogP contribution in [0.2, 0.25) is 0 Å². The number of nitrogens with zero attached hydrogens (tertiary/aromatic N) is 2. The molecule has 1 saturated carbocycles. The molecule has 0 heterocycles. The van der Waals surface area contributed by atoms with Crippen LogP contribution in [0.1, 0.15) is 25.7 Å². The van der Waals surface area contributed by atoms with Gasteiger partial charge in [-0.05, 0) is 12.8 Å². The molecule has 0 radical (unpaired) electrons. The molecule has 1 aliphatic rings. The zero-order valence-electron chi connectivity index (χ0n) is 5.75. The number of hydrogen-bond acceptors (Lipinski definition) is 3. The second-order valence-electron chi connectivity index (χ2n) is 2.58. The molecule has 0 atom stereocenters. The molecule has 0 saturated heterocycles. The summed E-state index contributed by atoms with van der Waals surface area (Å²) in [6.07, 6.45) is 4.33. The summed E-state index contributed by atoms with van der Waals surface area (Å²) in [5.74, 6) is 0.231. The summed E-state index contributed by atoms with van der Waals surface area (Å²) >= 11 is 0. The van der Waals surface area contributed by atoms with Crippen molar-refractivity contribution in [3.63, 3.8) is 0 Å². The van der Waals surface area contributed by atoms with Gasteiger partial charge in [0.1, 0.15) is 6.07 Å². The maximum absolute atomic E-state index is 8.45. The van der Waals surface area contributed by atoms with Crippen molar-refractivity contribution in [3.8, 4) is 6.07 Å². The van der Waals surface area contributed by atoms with E-state index in [-0.39, 0.29) is 5.92 Å². The highest BCUT2D eigenvalue weighted by atomic mass is 16.4. The first-order chi connectivity index (χ1) is 4.88. The average molecular weight is 138 g/mol. The quantitative estimate of drug-likeness (QED) is 0.339. The third kappa shape index (κ3) is 1.27. The second kappa shape index (κ2) is 3.21. The van der Waals surface area contributed by atoms with Crippen molar-refractivity contribution >= 4 is 5.71 Å². The minimum atomic E-state index is 0.231. The van der Waals surface area contributed by atoms with Gasteiger partial charge in [-0.1, -0.05) is 18.0 Å². The van der Waals surface area contributed by atoms with Crippen LogP contribution in [0.4, 0.5) is 0 Å². The van der Waals surface area contributed by atoms with E-state index in [0.29, 0.717) is 5.71 Å². The van der Waals surface area contributed by atoms with Gasteiger partial charge in [-0.15, -0.1) is 0 Å². The fourth-order valence-corrected chi connectivity index (χ4v) is 1.39. The van der Waals surface area contributed by atoms with Gasteiger partial charge < -0.3 is 5.21 Å². The Labute approximate surface area is 60.0 Å². The summed E-state index contributed by atoms with van der Waals surface area (Å²) < 4.78 is 0. The van der Waals surface area contributed by atoms with Crippen LogP contribution in [0.3, 0.4) is 0 Å². The molecule has 1 rings (SSSR count). The van der Waals surface area contributed by atoms with Crippen LogP contribution in [0.5, 0.6) is 0 Å². The lowest BCUT2D eigenvalue weighted by Gasteiger charge is -2.01. The summed E-state index contributed by atoms with van der Waals surface area (Å²) in [5, 5.41) is 19.7. The Morgan fingerprint density at radius 1 is 1.50 bits per heavy atom. The lowest BCUT2D eigenvalue weighted by molar-refractivity contribution is 0.316. The highest BCUT2D eigenvalue weighted by Gasteiger charge is 2.20. The topological polar surface area (TPSA) is 56.4 Å². The molecular weight excluding hydrogens is 128 g/mol. The van der Waals surface area contributed by atoms with Crippen molar-refractivity contribution in [1.82, 2.24) is 0 Å². The maximum Gasteiger partial charge on any atom is 0.159 e. The van der Waals surface area contributed by atoms with Crippen LogP contribution in [-0.2, 0) is 0 Å². The van der Waals surface area contributed by atoms with Crippen molar-refractivity contribution in [2.45, 2.75) is 25.7 Å². The van der Waals surface area contributed by atoms with E-state index in [9.17, 15) is 0 Å². The predicted octanol–water partition coefficient (Wildman–Crippen LogP) is 1.53. The van der Waals surface area contributed by atoms with Gasteiger partial charge in [0, 0.05) is 5.92 Å². The Balaban J connectivity index is 2.55. The Morgan fingerprint density at radius 2 is 2.10 bits per heavy atom. The molecule has 0 bridgehead atoms. The van der Waals surface area contributed by atoms with E-state index in [4.69, 9.17) is 10.5 Å². The largest absolute Gasteiger partial charge is 0.410 e. The molecular formula is C7H10N2O. The van der Waals surface area contributed by atoms with Crippen LogP contribution < -0.4 is 0 Å². The normalized spacial score (nSPS) is 20.9. The van der Waals surface area contributed by atoms with Crippen LogP contribution in [0.15, 0.2) is 5.16 Å². The molecule has 0 spiro atoms. The Kier molecular flexibility index (Phi) is 2.27. The van der Waals surface area contributed by atoms with Gasteiger partial charge in [-0.3, -0.25) is 0 Å². The fraction of sp³-hybridized carbons (Fsp3) is 0.714. The molecule has 0 unspecified atom stereocenters. The third-order valence-corrected chi connectivity index (χ3v) is 1.96. The van der Waals surface area contributed by atoms with E-state index in [1.165, 1.54) is 0 Å². The Hall–Kier alpha value is -1.04.